The van der Waals surface area contributed by atoms with E-state index in [0.29, 0.717) is 34.0 Å². The molecule has 0 amide bonds. The van der Waals surface area contributed by atoms with Crippen LogP contribution in [0.25, 0.3) is 23.1 Å². The molecule has 0 saturated heterocycles. The zero-order valence-electron chi connectivity index (χ0n) is 26.7. The predicted octanol–water partition coefficient (Wildman–Crippen LogP) is 6.28. The Morgan fingerprint density at radius 2 is 1.27 bits per heavy atom. The minimum Gasteiger partial charge on any atom is -0.497 e. The van der Waals surface area contributed by atoms with Crippen LogP contribution in [0.1, 0.15) is 32.9 Å². The summed E-state index contributed by atoms with van der Waals surface area (Å²) < 4.78 is 84.8. The Morgan fingerprint density at radius 1 is 0.694 bits per heavy atom. The zero-order valence-corrected chi connectivity index (χ0v) is 28.4. The molecule has 2 heterocycles. The van der Waals surface area contributed by atoms with Crippen LogP contribution in [0.3, 0.4) is 0 Å². The van der Waals surface area contributed by atoms with Crippen LogP contribution in [-0.2, 0) is 26.8 Å². The average Bonchev–Trinajstić information content (AvgIpc) is 3.09. The van der Waals surface area contributed by atoms with Crippen molar-refractivity contribution in [3.63, 3.8) is 0 Å². The van der Waals surface area contributed by atoms with Gasteiger partial charge in [0.05, 0.1) is 14.2 Å². The van der Waals surface area contributed by atoms with Crippen molar-refractivity contribution >= 4 is 49.0 Å². The van der Waals surface area contributed by atoms with E-state index >= 15 is 0 Å². The molecule has 0 spiro atoms. The summed E-state index contributed by atoms with van der Waals surface area (Å²) in [5.41, 5.74) is 4.24. The fraction of sp³-hybridized carbons (Fsp3) is 0.162. The van der Waals surface area contributed by atoms with Gasteiger partial charge in [0.15, 0.2) is 11.8 Å². The number of hydrogen-bond donors (Lipinski definition) is 2. The standard InChI is InChI=1S/C37H34N2O8S2/c1-46-32-19-13-28(14-20-32)36(48(40,41)42)24-38-30(17-11-26-7-3-5-9-34(26)38)23-31-18-12-27-8-4-6-10-35(27)39(31)25-37(49(43,44)45)29-15-21-33(47-2)22-16-29/h3-23,36-37H,24-25H2,1-2H3,(H-,40,41,42,43,44,45)/p+1. The molecular formula is C37H35N2O8S2+. The average molecular weight is 700 g/mol. The van der Waals surface area contributed by atoms with Gasteiger partial charge in [-0.15, -0.1) is 0 Å². The number of ether oxygens (including phenoxy) is 2. The highest BCUT2D eigenvalue weighted by Crippen LogP contribution is 2.36. The number of benzene rings is 4. The molecule has 2 N–H and O–H groups in total. The molecule has 12 heteroatoms. The molecule has 0 radical (unpaired) electrons. The number of nitrogens with zero attached hydrogens (tertiary/aromatic N) is 2. The fourth-order valence-corrected chi connectivity index (χ4v) is 7.76. The van der Waals surface area contributed by atoms with Crippen LogP contribution in [0, 0.1) is 0 Å². The Balaban J connectivity index is 1.49. The van der Waals surface area contributed by atoms with E-state index in [4.69, 9.17) is 9.47 Å². The molecule has 4 aromatic carbocycles. The Morgan fingerprint density at radius 3 is 1.88 bits per heavy atom. The van der Waals surface area contributed by atoms with Gasteiger partial charge in [-0.2, -0.15) is 21.4 Å². The van der Waals surface area contributed by atoms with E-state index < -0.39 is 30.7 Å². The molecule has 1 aromatic heterocycles. The van der Waals surface area contributed by atoms with E-state index in [-0.39, 0.29) is 13.1 Å². The third kappa shape index (κ3) is 7.37. The van der Waals surface area contributed by atoms with Crippen molar-refractivity contribution < 1.29 is 40.0 Å². The number of fused-ring (bicyclic) bond motifs is 2. The highest BCUT2D eigenvalue weighted by molar-refractivity contribution is 7.86. The van der Waals surface area contributed by atoms with Crippen molar-refractivity contribution in [2.24, 2.45) is 0 Å². The lowest BCUT2D eigenvalue weighted by molar-refractivity contribution is -0.673. The Bertz CT molecular complexity index is 2270. The van der Waals surface area contributed by atoms with Crippen LogP contribution in [0.4, 0.5) is 5.69 Å². The molecule has 10 nitrogen and oxygen atoms in total. The molecule has 1 aliphatic heterocycles. The second-order valence-corrected chi connectivity index (χ2v) is 14.8. The van der Waals surface area contributed by atoms with Gasteiger partial charge in [0.25, 0.3) is 20.2 Å². The van der Waals surface area contributed by atoms with Gasteiger partial charge in [-0.3, -0.25) is 9.11 Å². The molecule has 2 atom stereocenters. The molecule has 0 fully saturated rings. The molecule has 49 heavy (non-hydrogen) atoms. The summed E-state index contributed by atoms with van der Waals surface area (Å²) in [4.78, 5) is 1.82. The van der Waals surface area contributed by atoms with Gasteiger partial charge in [-0.25, -0.2) is 0 Å². The van der Waals surface area contributed by atoms with Gasteiger partial charge in [0, 0.05) is 41.5 Å². The lowest BCUT2D eigenvalue weighted by Gasteiger charge is -2.33. The number of anilines is 1. The van der Waals surface area contributed by atoms with E-state index in [2.05, 4.69) is 0 Å². The lowest BCUT2D eigenvalue weighted by atomic mass is 10.0. The highest BCUT2D eigenvalue weighted by Gasteiger charge is 2.34. The van der Waals surface area contributed by atoms with E-state index in [1.807, 2.05) is 88.4 Å². The minimum absolute atomic E-state index is 0.134. The molecule has 2 unspecified atom stereocenters. The Hall–Kier alpha value is -5.01. The second kappa shape index (κ2) is 13.8. The van der Waals surface area contributed by atoms with Gasteiger partial charge in [-0.1, -0.05) is 60.7 Å². The monoisotopic (exact) mass is 699 g/mol. The SMILES string of the molecule is COc1ccc(C(CN2C(=Cc3ccc4ccccc4[n+]3CC(c3ccc(OC)cc3)S(=O)(=O)O)C=Cc3ccccc32)S(=O)(=O)O)cc1. The predicted molar refractivity (Wildman–Crippen MR) is 190 cm³/mol. The molecule has 5 aromatic rings. The summed E-state index contributed by atoms with van der Waals surface area (Å²) >= 11 is 0. The maximum Gasteiger partial charge on any atom is 0.278 e. The van der Waals surface area contributed by atoms with Gasteiger partial charge < -0.3 is 14.4 Å². The Labute approximate surface area is 285 Å². The van der Waals surface area contributed by atoms with Crippen LogP contribution >= 0.6 is 0 Å². The van der Waals surface area contributed by atoms with Crippen molar-refractivity contribution in [1.29, 1.82) is 0 Å². The third-order valence-electron chi connectivity index (χ3n) is 8.63. The number of aromatic nitrogens is 1. The summed E-state index contributed by atoms with van der Waals surface area (Å²) in [6, 6.07) is 31.8. The summed E-state index contributed by atoms with van der Waals surface area (Å²) in [6.07, 6.45) is 5.60. The number of para-hydroxylation sites is 2. The summed E-state index contributed by atoms with van der Waals surface area (Å²) in [5.74, 6) is 1.09. The maximum absolute atomic E-state index is 12.9. The van der Waals surface area contributed by atoms with Crippen LogP contribution in [0.15, 0.2) is 121 Å². The first kappa shape index (κ1) is 33.9. The van der Waals surface area contributed by atoms with Crippen molar-refractivity contribution in [3.05, 3.63) is 143 Å². The molecule has 252 valence electrons. The number of allylic oxidation sites excluding steroid dienone is 1. The number of rotatable bonds is 11. The van der Waals surface area contributed by atoms with E-state index in [9.17, 15) is 25.9 Å². The fourth-order valence-electron chi connectivity index (χ4n) is 6.08. The quantitative estimate of drug-likeness (QED) is 0.121. The number of pyridine rings is 1. The second-order valence-electron chi connectivity index (χ2n) is 11.6. The van der Waals surface area contributed by atoms with E-state index in [1.165, 1.54) is 14.2 Å². The largest absolute Gasteiger partial charge is 0.497 e. The maximum atomic E-state index is 12.9. The molecular weight excluding hydrogens is 665 g/mol. The number of hydrogen-bond acceptors (Lipinski definition) is 7. The Kier molecular flexibility index (Phi) is 9.57. The van der Waals surface area contributed by atoms with Crippen molar-refractivity contribution in [1.82, 2.24) is 0 Å². The van der Waals surface area contributed by atoms with Gasteiger partial charge in [0.1, 0.15) is 16.7 Å². The van der Waals surface area contributed by atoms with Crippen LogP contribution in [0.2, 0.25) is 0 Å². The zero-order chi connectivity index (χ0) is 34.8. The van der Waals surface area contributed by atoms with Gasteiger partial charge >= 0.3 is 0 Å². The minimum atomic E-state index is -4.58. The third-order valence-corrected chi connectivity index (χ3v) is 10.9. The van der Waals surface area contributed by atoms with Crippen molar-refractivity contribution in [3.8, 4) is 11.5 Å². The van der Waals surface area contributed by atoms with Crippen molar-refractivity contribution in [2.45, 2.75) is 17.0 Å². The summed E-state index contributed by atoms with van der Waals surface area (Å²) in [7, 11) is -6.14. The van der Waals surface area contributed by atoms with E-state index in [0.717, 1.165) is 22.2 Å². The van der Waals surface area contributed by atoms with Crippen LogP contribution in [-0.4, -0.2) is 46.7 Å². The number of methoxy groups -OCH3 is 2. The smallest absolute Gasteiger partial charge is 0.278 e. The molecule has 1 aliphatic rings. The molecule has 0 aliphatic carbocycles. The molecule has 0 bridgehead atoms. The van der Waals surface area contributed by atoms with Gasteiger partial charge in [0.2, 0.25) is 11.2 Å². The summed E-state index contributed by atoms with van der Waals surface area (Å²) in [5, 5.41) is -1.78. The molecule has 0 saturated carbocycles. The highest BCUT2D eigenvalue weighted by atomic mass is 32.2. The van der Waals surface area contributed by atoms with Crippen molar-refractivity contribution in [2.75, 3.05) is 25.7 Å². The normalized spacial score (nSPS) is 15.2. The summed E-state index contributed by atoms with van der Waals surface area (Å²) in [6.45, 7) is -0.267. The van der Waals surface area contributed by atoms with E-state index in [1.54, 1.807) is 48.5 Å². The molecule has 6 rings (SSSR count). The topological polar surface area (TPSA) is 134 Å². The van der Waals surface area contributed by atoms with Crippen LogP contribution in [0.5, 0.6) is 11.5 Å². The lowest BCUT2D eigenvalue weighted by Crippen LogP contribution is -2.42. The first-order valence-electron chi connectivity index (χ1n) is 15.3. The van der Waals surface area contributed by atoms with Gasteiger partial charge in [-0.05, 0) is 65.2 Å². The van der Waals surface area contributed by atoms with Crippen LogP contribution < -0.4 is 18.9 Å². The first-order chi connectivity index (χ1) is 23.5. The first-order valence-corrected chi connectivity index (χ1v) is 18.4.